The average molecular weight is 185 g/mol. The minimum absolute atomic E-state index is 0.392. The highest BCUT2D eigenvalue weighted by Gasteiger charge is 2.29. The van der Waals surface area contributed by atoms with E-state index < -0.39 is 15.1 Å². The number of rotatable bonds is 1. The second-order valence-corrected chi connectivity index (χ2v) is 5.29. The van der Waals surface area contributed by atoms with E-state index in [0.29, 0.717) is 6.42 Å². The summed E-state index contributed by atoms with van der Waals surface area (Å²) in [5, 5.41) is 8.00. The molecule has 0 amide bonds. The zero-order chi connectivity index (χ0) is 9.19. The van der Waals surface area contributed by atoms with Crippen molar-refractivity contribution < 1.29 is 8.42 Å². The molecule has 4 heteroatoms. The molecule has 1 fully saturated rings. The third-order valence-electron chi connectivity index (χ3n) is 2.11. The molecule has 1 rings (SSSR count). The fourth-order valence-electron chi connectivity index (χ4n) is 1.58. The van der Waals surface area contributed by atoms with E-state index in [1.807, 2.05) is 6.07 Å². The molecule has 0 bridgehead atoms. The molecule has 1 aliphatic carbocycles. The predicted octanol–water partition coefficient (Wildman–Crippen LogP) is 1.03. The monoisotopic (exact) mass is 185 g/mol. The van der Waals surface area contributed by atoms with Crippen LogP contribution in [-0.2, 0) is 9.84 Å². The van der Waals surface area contributed by atoms with Crippen molar-refractivity contribution in [1.29, 1.82) is 5.26 Å². The lowest BCUT2D eigenvalue weighted by Crippen LogP contribution is -2.17. The maximum Gasteiger partial charge on any atom is 0.154 e. The summed E-state index contributed by atoms with van der Waals surface area (Å²) in [6.45, 7) is 0. The van der Waals surface area contributed by atoms with Crippen molar-refractivity contribution in [3.05, 3.63) is 11.6 Å². The second-order valence-electron chi connectivity index (χ2n) is 3.06. The molecular formula is C8H11NO2S. The van der Waals surface area contributed by atoms with Gasteiger partial charge in [0.25, 0.3) is 0 Å². The normalized spacial score (nSPS) is 27.3. The molecule has 0 heterocycles. The molecule has 0 saturated heterocycles. The summed E-state index contributed by atoms with van der Waals surface area (Å²) < 4.78 is 22.3. The van der Waals surface area contributed by atoms with Crippen molar-refractivity contribution >= 4 is 9.84 Å². The lowest BCUT2D eigenvalue weighted by atomic mass is 10.2. The first-order valence-electron chi connectivity index (χ1n) is 3.83. The molecule has 0 N–H and O–H groups in total. The van der Waals surface area contributed by atoms with Crippen molar-refractivity contribution in [2.45, 2.75) is 24.5 Å². The van der Waals surface area contributed by atoms with Crippen LogP contribution in [-0.4, -0.2) is 19.9 Å². The third kappa shape index (κ3) is 1.86. The van der Waals surface area contributed by atoms with Gasteiger partial charge in [0.15, 0.2) is 9.84 Å². The summed E-state index contributed by atoms with van der Waals surface area (Å²) in [6.07, 6.45) is 4.91. The molecule has 0 aromatic rings. The Morgan fingerprint density at radius 1 is 1.67 bits per heavy atom. The Morgan fingerprint density at radius 2 is 2.33 bits per heavy atom. The molecular weight excluding hydrogens is 174 g/mol. The second kappa shape index (κ2) is 3.28. The number of hydrogen-bond donors (Lipinski definition) is 0. The summed E-state index contributed by atoms with van der Waals surface area (Å²) in [7, 11) is -2.99. The number of nitrogens with zero attached hydrogens (tertiary/aromatic N) is 1. The van der Waals surface area contributed by atoms with Crippen molar-refractivity contribution in [3.63, 3.8) is 0 Å². The van der Waals surface area contributed by atoms with Crippen LogP contribution in [0.3, 0.4) is 0 Å². The highest BCUT2D eigenvalue weighted by atomic mass is 32.2. The van der Waals surface area contributed by atoms with Gasteiger partial charge < -0.3 is 0 Å². The van der Waals surface area contributed by atoms with Gasteiger partial charge in [-0.25, -0.2) is 8.42 Å². The van der Waals surface area contributed by atoms with E-state index in [1.165, 1.54) is 12.3 Å². The van der Waals surface area contributed by atoms with Gasteiger partial charge in [-0.05, 0) is 24.8 Å². The van der Waals surface area contributed by atoms with Crippen LogP contribution >= 0.6 is 0 Å². The van der Waals surface area contributed by atoms with Crippen LogP contribution in [0.2, 0.25) is 0 Å². The summed E-state index contributed by atoms with van der Waals surface area (Å²) in [6, 6.07) is 1.89. The highest BCUT2D eigenvalue weighted by molar-refractivity contribution is 7.91. The van der Waals surface area contributed by atoms with E-state index in [-0.39, 0.29) is 0 Å². The number of hydrogen-bond acceptors (Lipinski definition) is 3. The maximum absolute atomic E-state index is 11.2. The minimum Gasteiger partial charge on any atom is -0.229 e. The first kappa shape index (κ1) is 9.27. The van der Waals surface area contributed by atoms with Gasteiger partial charge in [-0.3, -0.25) is 0 Å². The molecule has 1 saturated carbocycles. The Balaban J connectivity index is 2.95. The molecule has 66 valence electrons. The quantitative estimate of drug-likeness (QED) is 0.573. The lowest BCUT2D eigenvalue weighted by Gasteiger charge is -2.07. The Bertz CT molecular complexity index is 335. The van der Waals surface area contributed by atoms with Gasteiger partial charge in [0.05, 0.1) is 11.3 Å². The van der Waals surface area contributed by atoms with Crippen LogP contribution in [0.4, 0.5) is 0 Å². The molecule has 0 aromatic carbocycles. The van der Waals surface area contributed by atoms with E-state index in [0.717, 1.165) is 18.4 Å². The standard InChI is InChI=1S/C8H11NO2S/c1-12(10,11)8-4-2-3-7(8)5-6-9/h5,8H,2-4H2,1H3. The molecule has 0 spiro atoms. The third-order valence-corrected chi connectivity index (χ3v) is 3.68. The van der Waals surface area contributed by atoms with Crippen molar-refractivity contribution in [3.8, 4) is 6.07 Å². The van der Waals surface area contributed by atoms with E-state index >= 15 is 0 Å². The largest absolute Gasteiger partial charge is 0.229 e. The molecule has 0 aromatic heterocycles. The smallest absolute Gasteiger partial charge is 0.154 e. The van der Waals surface area contributed by atoms with Crippen LogP contribution in [0, 0.1) is 11.3 Å². The first-order chi connectivity index (χ1) is 5.55. The predicted molar refractivity (Wildman–Crippen MR) is 46.2 cm³/mol. The van der Waals surface area contributed by atoms with Gasteiger partial charge in [-0.15, -0.1) is 0 Å². The molecule has 0 radical (unpaired) electrons. The summed E-state index contributed by atoms with van der Waals surface area (Å²) in [5.74, 6) is 0. The highest BCUT2D eigenvalue weighted by Crippen LogP contribution is 2.29. The summed E-state index contributed by atoms with van der Waals surface area (Å²) in [4.78, 5) is 0. The van der Waals surface area contributed by atoms with E-state index in [9.17, 15) is 8.42 Å². The van der Waals surface area contributed by atoms with Crippen LogP contribution in [0.15, 0.2) is 11.6 Å². The van der Waals surface area contributed by atoms with Gasteiger partial charge in [-0.1, -0.05) is 0 Å². The summed E-state index contributed by atoms with van der Waals surface area (Å²) >= 11 is 0. The molecule has 12 heavy (non-hydrogen) atoms. The molecule has 3 nitrogen and oxygen atoms in total. The fourth-order valence-corrected chi connectivity index (χ4v) is 2.91. The maximum atomic E-state index is 11.2. The fraction of sp³-hybridized carbons (Fsp3) is 0.625. The van der Waals surface area contributed by atoms with Gasteiger partial charge in [0.1, 0.15) is 0 Å². The van der Waals surface area contributed by atoms with Gasteiger partial charge >= 0.3 is 0 Å². The zero-order valence-electron chi connectivity index (χ0n) is 6.95. The van der Waals surface area contributed by atoms with Gasteiger partial charge in [-0.2, -0.15) is 5.26 Å². The molecule has 1 aliphatic rings. The zero-order valence-corrected chi connectivity index (χ0v) is 7.76. The number of nitriles is 1. The van der Waals surface area contributed by atoms with Crippen LogP contribution < -0.4 is 0 Å². The van der Waals surface area contributed by atoms with E-state index in [4.69, 9.17) is 5.26 Å². The van der Waals surface area contributed by atoms with Gasteiger partial charge in [0, 0.05) is 12.3 Å². The Kier molecular flexibility index (Phi) is 2.53. The van der Waals surface area contributed by atoms with Crippen molar-refractivity contribution in [1.82, 2.24) is 0 Å². The Morgan fingerprint density at radius 3 is 2.83 bits per heavy atom. The molecule has 1 atom stereocenters. The van der Waals surface area contributed by atoms with Gasteiger partial charge in [0.2, 0.25) is 0 Å². The number of allylic oxidation sites excluding steroid dienone is 1. The van der Waals surface area contributed by atoms with Crippen molar-refractivity contribution in [2.75, 3.05) is 6.26 Å². The van der Waals surface area contributed by atoms with E-state index in [2.05, 4.69) is 0 Å². The Labute approximate surface area is 72.6 Å². The lowest BCUT2D eigenvalue weighted by molar-refractivity contribution is 0.592. The first-order valence-corrected chi connectivity index (χ1v) is 5.78. The summed E-state index contributed by atoms with van der Waals surface area (Å²) in [5.41, 5.74) is 0.778. The minimum atomic E-state index is -2.99. The number of sulfone groups is 1. The average Bonchev–Trinajstić information content (AvgIpc) is 2.34. The van der Waals surface area contributed by atoms with Crippen LogP contribution in [0.5, 0.6) is 0 Å². The van der Waals surface area contributed by atoms with E-state index in [1.54, 1.807) is 0 Å². The molecule has 0 aliphatic heterocycles. The van der Waals surface area contributed by atoms with Crippen LogP contribution in [0.1, 0.15) is 19.3 Å². The topological polar surface area (TPSA) is 57.9 Å². The molecule has 1 unspecified atom stereocenters. The Hall–Kier alpha value is -0.820. The van der Waals surface area contributed by atoms with Crippen LogP contribution in [0.25, 0.3) is 0 Å². The SMILES string of the molecule is CS(=O)(=O)C1CCCC1=CC#N. The van der Waals surface area contributed by atoms with Crippen molar-refractivity contribution in [2.24, 2.45) is 0 Å².